The fourth-order valence-corrected chi connectivity index (χ4v) is 4.64. The van der Waals surface area contributed by atoms with Gasteiger partial charge in [-0.25, -0.2) is 4.98 Å². The lowest BCUT2D eigenvalue weighted by Crippen LogP contribution is -2.22. The Morgan fingerprint density at radius 2 is 2.20 bits per heavy atom. The lowest BCUT2D eigenvalue weighted by atomic mass is 10.2. The maximum atomic E-state index is 12.8. The number of aromatic nitrogens is 2. The van der Waals surface area contributed by atoms with E-state index in [2.05, 4.69) is 13.2 Å². The molecule has 0 atom stereocenters. The molecule has 0 N–H and O–H groups in total. The van der Waals surface area contributed by atoms with E-state index in [1.54, 1.807) is 33.7 Å². The van der Waals surface area contributed by atoms with Gasteiger partial charge in [0.05, 0.1) is 5.39 Å². The average Bonchev–Trinajstić information content (AvgIpc) is 3.00. The Balaban J connectivity index is 2.24. The molecule has 104 valence electrons. The highest BCUT2D eigenvalue weighted by molar-refractivity contribution is 7.99. The van der Waals surface area contributed by atoms with E-state index in [0.717, 1.165) is 40.4 Å². The van der Waals surface area contributed by atoms with E-state index in [1.807, 2.05) is 6.08 Å². The van der Waals surface area contributed by atoms with Gasteiger partial charge in [0.1, 0.15) is 4.83 Å². The number of hydrogen-bond donors (Lipinski definition) is 0. The first-order chi connectivity index (χ1) is 9.76. The van der Waals surface area contributed by atoms with Gasteiger partial charge in [0, 0.05) is 17.2 Å². The maximum Gasteiger partial charge on any atom is 0.263 e. The Hall–Kier alpha value is -1.33. The minimum Gasteiger partial charge on any atom is -0.283 e. The summed E-state index contributed by atoms with van der Waals surface area (Å²) in [5.41, 5.74) is 1.32. The third kappa shape index (κ3) is 2.15. The van der Waals surface area contributed by atoms with Crippen LogP contribution in [0.3, 0.4) is 0 Å². The molecule has 0 spiro atoms. The predicted octanol–water partition coefficient (Wildman–Crippen LogP) is 3.41. The minimum atomic E-state index is 0.0841. The van der Waals surface area contributed by atoms with Crippen LogP contribution in [0.25, 0.3) is 10.2 Å². The summed E-state index contributed by atoms with van der Waals surface area (Å²) in [6.07, 6.45) is 6.84. The quantitative estimate of drug-likeness (QED) is 0.482. The Bertz CT molecular complexity index is 742. The summed E-state index contributed by atoms with van der Waals surface area (Å²) in [5.74, 6) is 0.750. The molecule has 0 unspecified atom stereocenters. The van der Waals surface area contributed by atoms with Gasteiger partial charge in [0.2, 0.25) is 0 Å². The molecule has 5 heteroatoms. The molecule has 2 aromatic rings. The van der Waals surface area contributed by atoms with Crippen LogP contribution < -0.4 is 5.56 Å². The molecular formula is C15H16N2OS2. The Morgan fingerprint density at radius 1 is 1.35 bits per heavy atom. The maximum absolute atomic E-state index is 12.8. The zero-order chi connectivity index (χ0) is 14.1. The molecule has 3 rings (SSSR count). The van der Waals surface area contributed by atoms with E-state index >= 15 is 0 Å². The topological polar surface area (TPSA) is 34.9 Å². The van der Waals surface area contributed by atoms with Crippen molar-refractivity contribution in [2.75, 3.05) is 5.75 Å². The van der Waals surface area contributed by atoms with Crippen LogP contribution in [-0.2, 0) is 19.4 Å². The monoisotopic (exact) mass is 304 g/mol. The Morgan fingerprint density at radius 3 is 2.95 bits per heavy atom. The molecule has 2 heterocycles. The summed E-state index contributed by atoms with van der Waals surface area (Å²) in [6, 6.07) is 0. The van der Waals surface area contributed by atoms with Gasteiger partial charge in [-0.2, -0.15) is 0 Å². The smallest absolute Gasteiger partial charge is 0.263 e. The van der Waals surface area contributed by atoms with Crippen LogP contribution in [0.1, 0.15) is 16.9 Å². The zero-order valence-corrected chi connectivity index (χ0v) is 12.9. The first-order valence-corrected chi connectivity index (χ1v) is 8.46. The zero-order valence-electron chi connectivity index (χ0n) is 11.2. The molecule has 1 aliphatic carbocycles. The fourth-order valence-electron chi connectivity index (χ4n) is 2.59. The normalized spacial score (nSPS) is 13.6. The molecule has 0 aliphatic heterocycles. The SMILES string of the molecule is C=CCSc1nc2sc3c(c2c(=O)n1CC=C)CCC3. The second-order valence-corrected chi connectivity index (χ2v) is 6.81. The number of rotatable bonds is 5. The lowest BCUT2D eigenvalue weighted by Gasteiger charge is -2.09. The largest absolute Gasteiger partial charge is 0.283 e. The van der Waals surface area contributed by atoms with Gasteiger partial charge in [-0.05, 0) is 24.8 Å². The number of thiophene rings is 1. The molecule has 0 amide bonds. The van der Waals surface area contributed by atoms with Crippen LogP contribution in [0, 0.1) is 0 Å². The number of thioether (sulfide) groups is 1. The summed E-state index contributed by atoms with van der Waals surface area (Å²) in [4.78, 5) is 19.7. The van der Waals surface area contributed by atoms with Gasteiger partial charge in [0.15, 0.2) is 5.16 Å². The second kappa shape index (κ2) is 5.58. The molecule has 0 aromatic carbocycles. The van der Waals surface area contributed by atoms with Crippen LogP contribution in [0.15, 0.2) is 35.3 Å². The van der Waals surface area contributed by atoms with Crippen molar-refractivity contribution < 1.29 is 0 Å². The summed E-state index contributed by atoms with van der Waals surface area (Å²) in [6.45, 7) is 7.97. The van der Waals surface area contributed by atoms with Crippen molar-refractivity contribution in [3.63, 3.8) is 0 Å². The molecule has 0 saturated heterocycles. The first-order valence-electron chi connectivity index (χ1n) is 6.66. The average molecular weight is 304 g/mol. The van der Waals surface area contributed by atoms with E-state index in [0.29, 0.717) is 6.54 Å². The molecule has 2 aromatic heterocycles. The van der Waals surface area contributed by atoms with Crippen molar-refractivity contribution in [2.45, 2.75) is 31.0 Å². The van der Waals surface area contributed by atoms with Crippen molar-refractivity contribution in [3.05, 3.63) is 46.1 Å². The number of nitrogens with zero attached hydrogens (tertiary/aromatic N) is 2. The number of hydrogen-bond acceptors (Lipinski definition) is 4. The Labute approximate surface area is 126 Å². The summed E-state index contributed by atoms with van der Waals surface area (Å²) in [5, 5.41) is 1.61. The number of aryl methyl sites for hydroxylation is 2. The fraction of sp³-hybridized carbons (Fsp3) is 0.333. The highest BCUT2D eigenvalue weighted by atomic mass is 32.2. The van der Waals surface area contributed by atoms with Crippen LogP contribution >= 0.6 is 23.1 Å². The van der Waals surface area contributed by atoms with Gasteiger partial charge in [-0.1, -0.05) is 23.9 Å². The molecule has 0 saturated carbocycles. The van der Waals surface area contributed by atoms with Crippen LogP contribution in [0.2, 0.25) is 0 Å². The summed E-state index contributed by atoms with van der Waals surface area (Å²) >= 11 is 3.23. The highest BCUT2D eigenvalue weighted by Crippen LogP contribution is 2.35. The van der Waals surface area contributed by atoms with Crippen molar-refractivity contribution in [3.8, 4) is 0 Å². The van der Waals surface area contributed by atoms with Crippen molar-refractivity contribution in [1.82, 2.24) is 9.55 Å². The predicted molar refractivity (Wildman–Crippen MR) is 87.0 cm³/mol. The molecule has 0 radical (unpaired) electrons. The van der Waals surface area contributed by atoms with E-state index in [9.17, 15) is 4.79 Å². The van der Waals surface area contributed by atoms with E-state index in [4.69, 9.17) is 4.98 Å². The van der Waals surface area contributed by atoms with Crippen molar-refractivity contribution in [1.29, 1.82) is 0 Å². The van der Waals surface area contributed by atoms with E-state index in [1.165, 1.54) is 10.4 Å². The van der Waals surface area contributed by atoms with Crippen LogP contribution in [-0.4, -0.2) is 15.3 Å². The third-order valence-corrected chi connectivity index (χ3v) is 5.59. The first kappa shape index (κ1) is 13.6. The molecular weight excluding hydrogens is 288 g/mol. The molecule has 3 nitrogen and oxygen atoms in total. The van der Waals surface area contributed by atoms with Crippen LogP contribution in [0.4, 0.5) is 0 Å². The second-order valence-electron chi connectivity index (χ2n) is 4.74. The molecule has 20 heavy (non-hydrogen) atoms. The van der Waals surface area contributed by atoms with E-state index < -0.39 is 0 Å². The van der Waals surface area contributed by atoms with E-state index in [-0.39, 0.29) is 5.56 Å². The number of fused-ring (bicyclic) bond motifs is 3. The van der Waals surface area contributed by atoms with Gasteiger partial charge < -0.3 is 0 Å². The highest BCUT2D eigenvalue weighted by Gasteiger charge is 2.22. The standard InChI is InChI=1S/C15H16N2OS2/c1-3-8-17-14(18)12-10-6-5-7-11(10)20-13(12)16-15(17)19-9-4-2/h3-4H,1-2,5-9H2. The van der Waals surface area contributed by atoms with Crippen molar-refractivity contribution >= 4 is 33.3 Å². The summed E-state index contributed by atoms with van der Waals surface area (Å²) < 4.78 is 1.73. The van der Waals surface area contributed by atoms with Crippen molar-refractivity contribution in [2.24, 2.45) is 0 Å². The van der Waals surface area contributed by atoms with Gasteiger partial charge in [0.25, 0.3) is 5.56 Å². The molecule has 1 aliphatic rings. The summed E-state index contributed by atoms with van der Waals surface area (Å²) in [7, 11) is 0. The van der Waals surface area contributed by atoms with Gasteiger partial charge >= 0.3 is 0 Å². The third-order valence-electron chi connectivity index (χ3n) is 3.43. The van der Waals surface area contributed by atoms with Gasteiger partial charge in [-0.3, -0.25) is 9.36 Å². The van der Waals surface area contributed by atoms with Crippen LogP contribution in [0.5, 0.6) is 0 Å². The number of allylic oxidation sites excluding steroid dienone is 1. The minimum absolute atomic E-state index is 0.0841. The Kier molecular flexibility index (Phi) is 3.81. The molecule has 0 bridgehead atoms. The lowest BCUT2D eigenvalue weighted by molar-refractivity contribution is 0.672. The molecule has 0 fully saturated rings. The van der Waals surface area contributed by atoms with Gasteiger partial charge in [-0.15, -0.1) is 24.5 Å².